The van der Waals surface area contributed by atoms with Crippen molar-refractivity contribution in [1.29, 1.82) is 0 Å². The Balaban J connectivity index is 1.37. The van der Waals surface area contributed by atoms with Crippen molar-refractivity contribution in [2.45, 2.75) is 49.5 Å². The molecule has 246 valence electrons. The Labute approximate surface area is 277 Å². The Kier molecular flexibility index (Phi) is 10.7. The quantitative estimate of drug-likeness (QED) is 0.0703. The number of carbonyl (C=O) groups excluding carboxylic acids is 1. The minimum absolute atomic E-state index is 0.0241. The molecule has 1 amide bonds. The molecule has 0 bridgehead atoms. The largest absolute Gasteiger partial charge is 0.492 e. The first-order valence-electron chi connectivity index (χ1n) is 15.1. The summed E-state index contributed by atoms with van der Waals surface area (Å²) >= 11 is 0.990. The van der Waals surface area contributed by atoms with Gasteiger partial charge in [0.1, 0.15) is 21.6 Å². The van der Waals surface area contributed by atoms with Crippen LogP contribution in [0.5, 0.6) is 5.75 Å². The van der Waals surface area contributed by atoms with Gasteiger partial charge in [-0.15, -0.1) is 11.3 Å². The first kappa shape index (κ1) is 33.4. The minimum atomic E-state index is -4.24. The summed E-state index contributed by atoms with van der Waals surface area (Å²) in [5.74, 6) is -1.79. The van der Waals surface area contributed by atoms with Crippen LogP contribution in [0.4, 0.5) is 5.69 Å². The molecule has 0 unspecified atom stereocenters. The fourth-order valence-corrected chi connectivity index (χ4v) is 7.51. The Morgan fingerprint density at radius 2 is 1.87 bits per heavy atom. The molecule has 0 radical (unpaired) electrons. The van der Waals surface area contributed by atoms with Gasteiger partial charge >= 0.3 is 5.97 Å². The lowest BCUT2D eigenvalue weighted by Crippen LogP contribution is -2.40. The van der Waals surface area contributed by atoms with Gasteiger partial charge in [0.25, 0.3) is 15.9 Å². The van der Waals surface area contributed by atoms with Gasteiger partial charge in [0, 0.05) is 24.9 Å². The molecule has 0 saturated carbocycles. The fourth-order valence-electron chi connectivity index (χ4n) is 5.40. The lowest BCUT2D eigenvalue weighted by molar-refractivity contribution is -0.139. The number of carbonyl (C=O) groups is 2. The van der Waals surface area contributed by atoms with Crippen LogP contribution in [0.25, 0.3) is 11.1 Å². The van der Waals surface area contributed by atoms with Crippen molar-refractivity contribution >= 4 is 44.9 Å². The number of sulfonamides is 1. The number of aliphatic carboxylic acids is 1. The van der Waals surface area contributed by atoms with E-state index in [0.29, 0.717) is 19.4 Å². The van der Waals surface area contributed by atoms with E-state index in [2.05, 4.69) is 20.0 Å². The Morgan fingerprint density at radius 3 is 2.64 bits per heavy atom. The van der Waals surface area contributed by atoms with Crippen LogP contribution in [0.3, 0.4) is 0 Å². The highest BCUT2D eigenvalue weighted by Gasteiger charge is 2.30. The number of carboxylic acid groups (broad SMARTS) is 1. The normalized spacial score (nSPS) is 12.9. The van der Waals surface area contributed by atoms with Crippen molar-refractivity contribution in [3.8, 4) is 16.9 Å². The highest BCUT2D eigenvalue weighted by molar-refractivity contribution is 7.92. The average molecular weight is 677 g/mol. The number of fused-ring (bicyclic) bond motifs is 1. The molecule has 0 fully saturated rings. The van der Waals surface area contributed by atoms with Crippen LogP contribution in [-0.2, 0) is 34.1 Å². The van der Waals surface area contributed by atoms with Gasteiger partial charge in [-0.2, -0.15) is 0 Å². The number of benzene rings is 2. The zero-order valence-electron chi connectivity index (χ0n) is 25.5. The van der Waals surface area contributed by atoms with Crippen molar-refractivity contribution in [2.75, 3.05) is 17.9 Å². The molecule has 7 N–H and O–H groups in total. The van der Waals surface area contributed by atoms with Crippen LogP contribution < -0.4 is 26.2 Å². The Hall–Kier alpha value is -4.95. The van der Waals surface area contributed by atoms with Crippen LogP contribution in [0.2, 0.25) is 0 Å². The molecule has 1 aliphatic rings. The molecule has 4 aromatic rings. The van der Waals surface area contributed by atoms with Gasteiger partial charge < -0.3 is 26.6 Å². The molecule has 14 heteroatoms. The standard InChI is InChI=1S/C33H36N6O6S2/c34-33(35)37-16-6-12-27(32(41)42)38-31(40)30-26(14-18-46-30)39-47(43,44)28-20-23(19-22-13-17-45-29(22)28)25-11-2-1-7-21(25)8-5-10-24-9-3-4-15-36-24/h1-4,7,9,11,14-15,18-20,27,39H,5-6,8,10,12-13,16-17H2,(H,38,40)(H,41,42)(H4,34,35,37)/t27-/m0/s1. The number of thiophene rings is 1. The molecular formula is C33H36N6O6S2. The topological polar surface area (TPSA) is 199 Å². The number of hydrogen-bond acceptors (Lipinski definition) is 8. The lowest BCUT2D eigenvalue weighted by Gasteiger charge is -2.16. The minimum Gasteiger partial charge on any atom is -0.492 e. The number of aryl methyl sites for hydroxylation is 2. The number of guanidine groups is 1. The van der Waals surface area contributed by atoms with Gasteiger partial charge in [-0.1, -0.05) is 30.3 Å². The van der Waals surface area contributed by atoms with Crippen molar-refractivity contribution in [2.24, 2.45) is 16.5 Å². The van der Waals surface area contributed by atoms with E-state index in [4.69, 9.17) is 16.2 Å². The number of ether oxygens (including phenoxy) is 1. The van der Waals surface area contributed by atoms with Gasteiger partial charge in [0.05, 0.1) is 12.3 Å². The van der Waals surface area contributed by atoms with E-state index >= 15 is 0 Å². The third-order valence-corrected chi connectivity index (χ3v) is 9.92. The van der Waals surface area contributed by atoms with E-state index < -0.39 is 27.9 Å². The molecule has 0 aliphatic carbocycles. The van der Waals surface area contributed by atoms with E-state index in [-0.39, 0.29) is 40.1 Å². The summed E-state index contributed by atoms with van der Waals surface area (Å²) in [5, 5.41) is 13.7. The first-order chi connectivity index (χ1) is 22.6. The van der Waals surface area contributed by atoms with Gasteiger partial charge in [0.15, 0.2) is 5.96 Å². The lowest BCUT2D eigenvalue weighted by atomic mass is 9.94. The molecule has 2 aromatic heterocycles. The molecule has 0 saturated heterocycles. The molecule has 0 spiro atoms. The number of carboxylic acids is 1. The van der Waals surface area contributed by atoms with Gasteiger partial charge in [0.2, 0.25) is 0 Å². The number of hydrogen-bond donors (Lipinski definition) is 5. The molecule has 12 nitrogen and oxygen atoms in total. The summed E-state index contributed by atoms with van der Waals surface area (Å²) < 4.78 is 36.2. The van der Waals surface area contributed by atoms with Crippen LogP contribution in [0.1, 0.15) is 45.8 Å². The Bertz CT molecular complexity index is 1870. The van der Waals surface area contributed by atoms with Crippen molar-refractivity contribution in [3.05, 3.63) is 93.9 Å². The molecule has 3 heterocycles. The van der Waals surface area contributed by atoms with Gasteiger partial charge in [-0.3, -0.25) is 19.5 Å². The van der Waals surface area contributed by atoms with Crippen LogP contribution in [0.15, 0.2) is 82.1 Å². The third-order valence-electron chi connectivity index (χ3n) is 7.64. The van der Waals surface area contributed by atoms with Gasteiger partial charge in [-0.25, -0.2) is 13.2 Å². The van der Waals surface area contributed by atoms with E-state index in [1.807, 2.05) is 48.5 Å². The maximum atomic E-state index is 13.9. The number of nitrogens with two attached hydrogens (primary N) is 2. The zero-order valence-corrected chi connectivity index (χ0v) is 27.1. The number of amides is 1. The highest BCUT2D eigenvalue weighted by Crippen LogP contribution is 2.39. The van der Waals surface area contributed by atoms with Crippen molar-refractivity contribution in [1.82, 2.24) is 10.3 Å². The van der Waals surface area contributed by atoms with Crippen molar-refractivity contribution in [3.63, 3.8) is 0 Å². The average Bonchev–Trinajstić information content (AvgIpc) is 3.72. The summed E-state index contributed by atoms with van der Waals surface area (Å²) in [5.41, 5.74) is 15.2. The monoisotopic (exact) mass is 676 g/mol. The second-order valence-corrected chi connectivity index (χ2v) is 13.5. The first-order valence-corrected chi connectivity index (χ1v) is 17.5. The zero-order chi connectivity index (χ0) is 33.4. The molecule has 5 rings (SSSR count). The molecule has 1 aliphatic heterocycles. The maximum Gasteiger partial charge on any atom is 0.326 e. The number of aromatic nitrogens is 1. The van der Waals surface area contributed by atoms with Gasteiger partial charge in [-0.05, 0) is 90.1 Å². The summed E-state index contributed by atoms with van der Waals surface area (Å²) in [6, 6.07) is 17.6. The van der Waals surface area contributed by atoms with E-state index in [1.54, 1.807) is 17.6 Å². The van der Waals surface area contributed by atoms with Crippen LogP contribution in [0, 0.1) is 0 Å². The van der Waals surface area contributed by atoms with Crippen LogP contribution in [-0.4, -0.2) is 55.5 Å². The molecule has 1 atom stereocenters. The van der Waals surface area contributed by atoms with Crippen LogP contribution >= 0.6 is 11.3 Å². The fraction of sp³-hybridized carbons (Fsp3) is 0.273. The summed E-state index contributed by atoms with van der Waals surface area (Å²) in [4.78, 5) is 33.2. The number of anilines is 1. The number of nitrogens with zero attached hydrogens (tertiary/aromatic N) is 2. The SMILES string of the molecule is NC(N)=NCCC[C@H](NC(=O)c1sccc1NS(=O)(=O)c1cc(-c2ccccc2CCCc2ccccn2)cc2c1OCC2)C(=O)O. The van der Waals surface area contributed by atoms with E-state index in [0.717, 1.165) is 58.5 Å². The van der Waals surface area contributed by atoms with E-state index in [1.165, 1.54) is 6.07 Å². The number of nitrogens with one attached hydrogen (secondary N) is 2. The summed E-state index contributed by atoms with van der Waals surface area (Å²) in [6.07, 6.45) is 5.19. The second-order valence-electron chi connectivity index (χ2n) is 11.0. The second kappa shape index (κ2) is 15.1. The predicted molar refractivity (Wildman–Crippen MR) is 181 cm³/mol. The summed E-state index contributed by atoms with van der Waals surface area (Å²) in [7, 11) is -4.24. The molecule has 2 aromatic carbocycles. The van der Waals surface area contributed by atoms with E-state index in [9.17, 15) is 23.1 Å². The summed E-state index contributed by atoms with van der Waals surface area (Å²) in [6.45, 7) is 0.548. The third kappa shape index (κ3) is 8.45. The molecular weight excluding hydrogens is 641 g/mol. The number of rotatable bonds is 15. The highest BCUT2D eigenvalue weighted by atomic mass is 32.2. The predicted octanol–water partition coefficient (Wildman–Crippen LogP) is 3.96. The number of pyridine rings is 1. The number of aliphatic imine (C=N–C) groups is 1. The van der Waals surface area contributed by atoms with Crippen molar-refractivity contribution < 1.29 is 27.9 Å². The molecule has 47 heavy (non-hydrogen) atoms. The smallest absolute Gasteiger partial charge is 0.326 e. The maximum absolute atomic E-state index is 13.9. The Morgan fingerprint density at radius 1 is 1.06 bits per heavy atom.